The molecule has 0 aliphatic heterocycles. The molecule has 21 heavy (non-hydrogen) atoms. The van der Waals surface area contributed by atoms with E-state index in [0.29, 0.717) is 5.56 Å². The second-order valence-electron chi connectivity index (χ2n) is 4.06. The summed E-state index contributed by atoms with van der Waals surface area (Å²) in [6.07, 6.45) is 0. The first-order valence-corrected chi connectivity index (χ1v) is 5.94. The highest BCUT2D eigenvalue weighted by molar-refractivity contribution is 6.32. The van der Waals surface area contributed by atoms with E-state index in [0.717, 1.165) is 6.07 Å². The Morgan fingerprint density at radius 3 is 1.95 bits per heavy atom. The van der Waals surface area contributed by atoms with Gasteiger partial charge < -0.3 is 0 Å². The summed E-state index contributed by atoms with van der Waals surface area (Å²) in [5.74, 6) is 0. The van der Waals surface area contributed by atoms with Gasteiger partial charge in [-0.2, -0.15) is 5.26 Å². The van der Waals surface area contributed by atoms with Crippen LogP contribution in [0.5, 0.6) is 0 Å². The third-order valence-corrected chi connectivity index (χ3v) is 3.06. The molecule has 0 radical (unpaired) electrons. The van der Waals surface area contributed by atoms with E-state index in [1.165, 1.54) is 30.3 Å². The molecule has 0 amide bonds. The predicted octanol–water partition coefficient (Wildman–Crippen LogP) is 3.70. The first-order chi connectivity index (χ1) is 9.92. The van der Waals surface area contributed by atoms with Gasteiger partial charge in [0.1, 0.15) is 6.07 Å². The monoisotopic (exact) mass is 303 g/mol. The smallest absolute Gasteiger partial charge is 0.258 e. The molecule has 0 atom stereocenters. The van der Waals surface area contributed by atoms with Crippen molar-refractivity contribution in [3.8, 4) is 17.2 Å². The maximum absolute atomic E-state index is 10.8. The number of rotatable bonds is 3. The van der Waals surface area contributed by atoms with Crippen LogP contribution in [0.25, 0.3) is 11.1 Å². The van der Waals surface area contributed by atoms with Crippen molar-refractivity contribution in [3.05, 3.63) is 67.2 Å². The van der Waals surface area contributed by atoms with Crippen molar-refractivity contribution in [1.82, 2.24) is 0 Å². The number of halogens is 1. The summed E-state index contributed by atoms with van der Waals surface area (Å²) < 4.78 is 0. The van der Waals surface area contributed by atoms with Crippen LogP contribution in [-0.2, 0) is 0 Å². The van der Waals surface area contributed by atoms with E-state index in [1.807, 2.05) is 6.07 Å². The molecule has 0 N–H and O–H groups in total. The Morgan fingerprint density at radius 2 is 1.52 bits per heavy atom. The van der Waals surface area contributed by atoms with Gasteiger partial charge in [0, 0.05) is 12.1 Å². The summed E-state index contributed by atoms with van der Waals surface area (Å²) in [4.78, 5) is 20.3. The number of nitriles is 1. The second kappa shape index (κ2) is 5.56. The molecule has 0 aromatic heterocycles. The van der Waals surface area contributed by atoms with Gasteiger partial charge in [0.05, 0.1) is 26.5 Å². The van der Waals surface area contributed by atoms with Crippen LogP contribution >= 0.6 is 11.6 Å². The second-order valence-corrected chi connectivity index (χ2v) is 4.47. The number of nitro benzene ring substituents is 2. The van der Waals surface area contributed by atoms with E-state index in [9.17, 15) is 20.2 Å². The van der Waals surface area contributed by atoms with Crippen LogP contribution in [0.4, 0.5) is 11.4 Å². The fraction of sp³-hybridized carbons (Fsp3) is 0. The number of nitrogens with zero attached hydrogens (tertiary/aromatic N) is 3. The molecule has 0 fully saturated rings. The first kappa shape index (κ1) is 14.4. The van der Waals surface area contributed by atoms with Gasteiger partial charge in [-0.1, -0.05) is 17.7 Å². The molecule has 7 nitrogen and oxygen atoms in total. The van der Waals surface area contributed by atoms with Crippen LogP contribution in [0.2, 0.25) is 5.02 Å². The van der Waals surface area contributed by atoms with Gasteiger partial charge >= 0.3 is 0 Å². The zero-order chi connectivity index (χ0) is 15.6. The highest BCUT2D eigenvalue weighted by Gasteiger charge is 2.17. The Hall–Kier alpha value is -2.98. The molecule has 0 aliphatic rings. The van der Waals surface area contributed by atoms with Crippen molar-refractivity contribution in [3.63, 3.8) is 0 Å². The van der Waals surface area contributed by atoms with Crippen molar-refractivity contribution in [1.29, 1.82) is 5.26 Å². The van der Waals surface area contributed by atoms with Crippen molar-refractivity contribution < 1.29 is 9.85 Å². The highest BCUT2D eigenvalue weighted by Crippen LogP contribution is 2.31. The number of nitro groups is 2. The molecular formula is C13H6ClN3O4. The molecule has 0 spiro atoms. The fourth-order valence-corrected chi connectivity index (χ4v) is 1.98. The molecule has 0 unspecified atom stereocenters. The lowest BCUT2D eigenvalue weighted by molar-refractivity contribution is -0.394. The quantitative estimate of drug-likeness (QED) is 0.634. The van der Waals surface area contributed by atoms with E-state index in [1.54, 1.807) is 0 Å². The molecule has 2 aromatic carbocycles. The van der Waals surface area contributed by atoms with Gasteiger partial charge in [-0.15, -0.1) is 0 Å². The Balaban J connectivity index is 2.63. The van der Waals surface area contributed by atoms with E-state index >= 15 is 0 Å². The van der Waals surface area contributed by atoms with Crippen LogP contribution in [0.15, 0.2) is 36.4 Å². The van der Waals surface area contributed by atoms with Crippen LogP contribution in [0.3, 0.4) is 0 Å². The Bertz CT molecular complexity index is 766. The third kappa shape index (κ3) is 2.96. The van der Waals surface area contributed by atoms with Crippen LogP contribution in [-0.4, -0.2) is 9.85 Å². The van der Waals surface area contributed by atoms with E-state index in [4.69, 9.17) is 16.9 Å². The zero-order valence-electron chi connectivity index (χ0n) is 10.3. The molecule has 0 heterocycles. The summed E-state index contributed by atoms with van der Waals surface area (Å²) in [6, 6.07) is 9.60. The summed E-state index contributed by atoms with van der Waals surface area (Å²) >= 11 is 5.89. The predicted molar refractivity (Wildman–Crippen MR) is 74.9 cm³/mol. The number of benzene rings is 2. The van der Waals surface area contributed by atoms with Crippen molar-refractivity contribution >= 4 is 23.0 Å². The minimum Gasteiger partial charge on any atom is -0.258 e. The highest BCUT2D eigenvalue weighted by atomic mass is 35.5. The molecule has 0 saturated heterocycles. The number of hydrogen-bond acceptors (Lipinski definition) is 5. The van der Waals surface area contributed by atoms with Gasteiger partial charge in [0.25, 0.3) is 11.4 Å². The van der Waals surface area contributed by atoms with E-state index in [-0.39, 0.29) is 27.5 Å². The van der Waals surface area contributed by atoms with Gasteiger partial charge in [-0.25, -0.2) is 0 Å². The van der Waals surface area contributed by atoms with Crippen molar-refractivity contribution in [2.24, 2.45) is 0 Å². The van der Waals surface area contributed by atoms with Crippen LogP contribution in [0, 0.1) is 31.6 Å². The average Bonchev–Trinajstić information content (AvgIpc) is 2.46. The van der Waals surface area contributed by atoms with E-state index in [2.05, 4.69) is 0 Å². The molecule has 2 rings (SSSR count). The Morgan fingerprint density at radius 1 is 0.952 bits per heavy atom. The SMILES string of the molecule is N#Cc1ccc(-c2cc([N+](=O)[O-])cc([N+](=O)[O-])c2)cc1Cl. The topological polar surface area (TPSA) is 110 Å². The van der Waals surface area contributed by atoms with Crippen molar-refractivity contribution in [2.75, 3.05) is 0 Å². The molecule has 8 heteroatoms. The summed E-state index contributed by atoms with van der Waals surface area (Å²) in [5, 5.41) is 30.7. The van der Waals surface area contributed by atoms with E-state index < -0.39 is 9.85 Å². The van der Waals surface area contributed by atoms with Gasteiger partial charge in [-0.05, 0) is 23.3 Å². The zero-order valence-corrected chi connectivity index (χ0v) is 11.1. The summed E-state index contributed by atoms with van der Waals surface area (Å²) in [7, 11) is 0. The molecule has 0 aliphatic carbocycles. The Kier molecular flexibility index (Phi) is 3.82. The van der Waals surface area contributed by atoms with Crippen LogP contribution in [0.1, 0.15) is 5.56 Å². The average molecular weight is 304 g/mol. The number of hydrogen-bond donors (Lipinski definition) is 0. The van der Waals surface area contributed by atoms with Gasteiger partial charge in [-0.3, -0.25) is 20.2 Å². The van der Waals surface area contributed by atoms with Crippen LogP contribution < -0.4 is 0 Å². The molecular weight excluding hydrogens is 298 g/mol. The normalized spacial score (nSPS) is 9.90. The lowest BCUT2D eigenvalue weighted by Gasteiger charge is -2.04. The van der Waals surface area contributed by atoms with Crippen molar-refractivity contribution in [2.45, 2.75) is 0 Å². The van der Waals surface area contributed by atoms with Gasteiger partial charge in [0.2, 0.25) is 0 Å². The minimum absolute atomic E-state index is 0.171. The lowest BCUT2D eigenvalue weighted by atomic mass is 10.0. The minimum atomic E-state index is -0.707. The standard InChI is InChI=1S/C13H6ClN3O4/c14-13-5-8(1-2-9(13)7-15)10-3-11(16(18)19)6-12(4-10)17(20)21/h1-6H. The largest absolute Gasteiger partial charge is 0.276 e. The molecule has 0 saturated carbocycles. The molecule has 104 valence electrons. The van der Waals surface area contributed by atoms with Gasteiger partial charge in [0.15, 0.2) is 0 Å². The maximum Gasteiger partial charge on any atom is 0.276 e. The molecule has 2 aromatic rings. The maximum atomic E-state index is 10.8. The third-order valence-electron chi connectivity index (χ3n) is 2.75. The lowest BCUT2D eigenvalue weighted by Crippen LogP contribution is -1.94. The number of non-ortho nitro benzene ring substituents is 2. The summed E-state index contributed by atoms with van der Waals surface area (Å²) in [6.45, 7) is 0. The Labute approximate surface area is 123 Å². The molecule has 0 bridgehead atoms. The first-order valence-electron chi connectivity index (χ1n) is 5.56. The summed E-state index contributed by atoms with van der Waals surface area (Å²) in [5.41, 5.74) is 0.202. The fourth-order valence-electron chi connectivity index (χ4n) is 1.76.